The largest absolute Gasteiger partial charge is 0.289 e. The van der Waals surface area contributed by atoms with Crippen LogP contribution in [0.3, 0.4) is 0 Å². The van der Waals surface area contributed by atoms with Crippen LogP contribution in [-0.4, -0.2) is 5.78 Å². The van der Waals surface area contributed by atoms with Crippen LogP contribution in [0.4, 0.5) is 0 Å². The molecule has 0 saturated heterocycles. The highest BCUT2D eigenvalue weighted by Crippen LogP contribution is 2.45. The highest BCUT2D eigenvalue weighted by atomic mass is 80.0. The van der Waals surface area contributed by atoms with Gasteiger partial charge in [-0.1, -0.05) is 144 Å². The van der Waals surface area contributed by atoms with Crippen molar-refractivity contribution in [1.82, 2.24) is 0 Å². The summed E-state index contributed by atoms with van der Waals surface area (Å²) in [5.74, 6) is -0.00765. The lowest BCUT2D eigenvalue weighted by molar-refractivity contribution is 0.103. The van der Waals surface area contributed by atoms with Gasteiger partial charge in [-0.05, 0) is 11.1 Å². The van der Waals surface area contributed by atoms with E-state index < -0.39 is 4.29 Å². The van der Waals surface area contributed by atoms with Crippen LogP contribution in [0.1, 0.15) is 27.0 Å². The van der Waals surface area contributed by atoms with E-state index in [0.29, 0.717) is 11.1 Å². The van der Waals surface area contributed by atoms with Crippen molar-refractivity contribution in [2.45, 2.75) is 4.29 Å². The molecular weight excluding hydrogens is 676 g/mol. The number of carbonyl (C=O) groups is 1. The Kier molecular flexibility index (Phi) is 6.57. The minimum atomic E-state index is -0.471. The van der Waals surface area contributed by atoms with Gasteiger partial charge in [-0.25, -0.2) is 0 Å². The molecule has 2 aromatic carbocycles. The van der Waals surface area contributed by atoms with Crippen molar-refractivity contribution >= 4 is 101 Å². The van der Waals surface area contributed by atoms with Crippen LogP contribution in [0.15, 0.2) is 48.5 Å². The Balaban J connectivity index is 2.25. The summed E-state index contributed by atoms with van der Waals surface area (Å²) in [6.45, 7) is 0. The molecule has 0 aliphatic heterocycles. The molecule has 2 rings (SSSR count). The summed E-state index contributed by atoms with van der Waals surface area (Å²) < 4.78 is -0.942. The fourth-order valence-corrected chi connectivity index (χ4v) is 3.37. The summed E-state index contributed by atoms with van der Waals surface area (Å²) in [5, 5.41) is 0. The minimum Gasteiger partial charge on any atom is -0.289 e. The van der Waals surface area contributed by atoms with Gasteiger partial charge in [-0.2, -0.15) is 0 Å². The van der Waals surface area contributed by atoms with Crippen LogP contribution in [0.2, 0.25) is 0 Å². The van der Waals surface area contributed by atoms with Crippen molar-refractivity contribution in [3.8, 4) is 0 Å². The van der Waals surface area contributed by atoms with Gasteiger partial charge in [0.2, 0.25) is 0 Å². The van der Waals surface area contributed by atoms with E-state index in [1.54, 1.807) is 0 Å². The van der Waals surface area contributed by atoms with Crippen molar-refractivity contribution in [3.63, 3.8) is 0 Å². The second-order valence-corrected chi connectivity index (χ2v) is 18.0. The summed E-state index contributed by atoms with van der Waals surface area (Å²) in [5.41, 5.74) is 3.25. The summed E-state index contributed by atoms with van der Waals surface area (Å²) >= 11 is 20.7. The summed E-state index contributed by atoms with van der Waals surface area (Å²) in [7, 11) is 0. The van der Waals surface area contributed by atoms with Crippen LogP contribution < -0.4 is 0 Å². The summed E-state index contributed by atoms with van der Waals surface area (Å²) in [4.78, 5) is 12.5. The van der Waals surface area contributed by atoms with E-state index >= 15 is 0 Å². The van der Waals surface area contributed by atoms with E-state index in [1.807, 2.05) is 48.5 Å². The molecule has 0 radical (unpaired) electrons. The molecule has 0 unspecified atom stereocenters. The van der Waals surface area contributed by atoms with Gasteiger partial charge in [-0.15, -0.1) is 0 Å². The molecule has 0 fully saturated rings. The van der Waals surface area contributed by atoms with E-state index in [9.17, 15) is 4.79 Å². The van der Waals surface area contributed by atoms with Crippen molar-refractivity contribution in [2.75, 3.05) is 0 Å². The van der Waals surface area contributed by atoms with Crippen LogP contribution in [0.5, 0.6) is 0 Å². The quantitative estimate of drug-likeness (QED) is 0.237. The number of alkyl halides is 6. The van der Waals surface area contributed by atoms with E-state index in [0.717, 1.165) is 11.1 Å². The van der Waals surface area contributed by atoms with Gasteiger partial charge in [0.15, 0.2) is 10.1 Å². The molecule has 0 saturated carbocycles. The van der Waals surface area contributed by atoms with Crippen LogP contribution in [0, 0.1) is 0 Å². The maximum atomic E-state index is 12.5. The Labute approximate surface area is 179 Å². The minimum absolute atomic E-state index is 0.00765. The maximum Gasteiger partial charge on any atom is 0.193 e. The molecular formula is C15H8Br6O. The van der Waals surface area contributed by atoms with Gasteiger partial charge >= 0.3 is 0 Å². The first kappa shape index (κ1) is 19.3. The molecule has 0 aliphatic carbocycles. The molecule has 0 spiro atoms. The first-order valence-electron chi connectivity index (χ1n) is 5.98. The predicted molar refractivity (Wildman–Crippen MR) is 113 cm³/mol. The number of benzene rings is 2. The molecule has 0 N–H and O–H groups in total. The fourth-order valence-electron chi connectivity index (χ4n) is 1.79. The Morgan fingerprint density at radius 1 is 0.591 bits per heavy atom. The topological polar surface area (TPSA) is 17.1 Å². The molecule has 0 atom stereocenters. The molecule has 0 amide bonds. The Morgan fingerprint density at radius 3 is 1.09 bits per heavy atom. The number of halogens is 6. The second-order valence-electron chi connectivity index (χ2n) is 4.48. The third-order valence-corrected chi connectivity index (χ3v) is 5.70. The monoisotopic (exact) mass is 678 g/mol. The van der Waals surface area contributed by atoms with E-state index in [2.05, 4.69) is 95.6 Å². The van der Waals surface area contributed by atoms with Crippen molar-refractivity contribution in [1.29, 1.82) is 0 Å². The van der Waals surface area contributed by atoms with Crippen molar-refractivity contribution < 1.29 is 4.79 Å². The molecule has 22 heavy (non-hydrogen) atoms. The van der Waals surface area contributed by atoms with Gasteiger partial charge in [0.25, 0.3) is 0 Å². The molecule has 1 nitrogen and oxygen atoms in total. The molecule has 0 aliphatic rings. The average molecular weight is 684 g/mol. The van der Waals surface area contributed by atoms with Gasteiger partial charge in [0.1, 0.15) is 0 Å². The number of hydrogen-bond donors (Lipinski definition) is 0. The highest BCUT2D eigenvalue weighted by molar-refractivity contribution is 9.39. The van der Waals surface area contributed by atoms with Crippen LogP contribution in [-0.2, 0) is 4.29 Å². The van der Waals surface area contributed by atoms with E-state index in [1.165, 1.54) is 0 Å². The smallest absolute Gasteiger partial charge is 0.193 e. The number of rotatable bonds is 2. The van der Waals surface area contributed by atoms with E-state index in [-0.39, 0.29) is 5.78 Å². The second kappa shape index (κ2) is 7.48. The molecule has 7 heteroatoms. The van der Waals surface area contributed by atoms with Crippen molar-refractivity contribution in [3.05, 3.63) is 70.8 Å². The average Bonchev–Trinajstić information content (AvgIpc) is 2.45. The predicted octanol–water partition coefficient (Wildman–Crippen LogP) is 7.51. The van der Waals surface area contributed by atoms with E-state index in [4.69, 9.17) is 0 Å². The maximum absolute atomic E-state index is 12.5. The first-order valence-corrected chi connectivity index (χ1v) is 10.7. The summed E-state index contributed by atoms with van der Waals surface area (Å²) in [6.07, 6.45) is 0. The lowest BCUT2D eigenvalue weighted by Crippen LogP contribution is -2.04. The molecule has 0 heterocycles. The lowest BCUT2D eigenvalue weighted by Gasteiger charge is -2.14. The third-order valence-electron chi connectivity index (χ3n) is 2.95. The van der Waals surface area contributed by atoms with Crippen LogP contribution in [0.25, 0.3) is 0 Å². The van der Waals surface area contributed by atoms with Gasteiger partial charge < -0.3 is 0 Å². The molecule has 116 valence electrons. The van der Waals surface area contributed by atoms with Gasteiger partial charge in [0, 0.05) is 11.1 Å². The van der Waals surface area contributed by atoms with Crippen molar-refractivity contribution in [2.24, 2.45) is 0 Å². The molecule has 0 bridgehead atoms. The molecule has 2 aromatic rings. The Morgan fingerprint density at radius 2 is 0.864 bits per heavy atom. The lowest BCUT2D eigenvalue weighted by atomic mass is 10.0. The number of carbonyl (C=O) groups excluding carboxylic acids is 1. The Hall–Kier alpha value is 0.990. The fraction of sp³-hybridized carbons (Fsp3) is 0.133. The zero-order chi connectivity index (χ0) is 16.5. The summed E-state index contributed by atoms with van der Waals surface area (Å²) in [6, 6.07) is 14.8. The van der Waals surface area contributed by atoms with Crippen LogP contribution >= 0.6 is 95.6 Å². The standard InChI is InChI=1S/C15H8Br6O/c16-14(17,18)11-5-1-9(2-6-11)13(22)10-3-7-12(8-4-10)15(19,20)21/h1-8H. The first-order chi connectivity index (χ1) is 10.1. The van der Waals surface area contributed by atoms with Gasteiger partial charge in [-0.3, -0.25) is 4.79 Å². The zero-order valence-corrected chi connectivity index (χ0v) is 20.3. The van der Waals surface area contributed by atoms with Gasteiger partial charge in [0.05, 0.1) is 0 Å². The third kappa shape index (κ3) is 4.99. The number of hydrogen-bond acceptors (Lipinski definition) is 1. The number of ketones is 1. The SMILES string of the molecule is O=C(c1ccc(C(Br)(Br)Br)cc1)c1ccc(C(Br)(Br)Br)cc1. The normalized spacial score (nSPS) is 12.3. The highest BCUT2D eigenvalue weighted by Gasteiger charge is 2.22. The Bertz CT molecular complexity index is 606. The molecule has 0 aromatic heterocycles. The zero-order valence-electron chi connectivity index (χ0n) is 10.8.